The number of methoxy groups -OCH3 is 4. The first-order valence-electron chi connectivity index (χ1n) is 17.1. The largest absolute Gasteiger partial charge is 0.498 e. The van der Waals surface area contributed by atoms with Crippen molar-refractivity contribution < 1.29 is 18.9 Å². The molecule has 2 aromatic carbocycles. The Kier molecular flexibility index (Phi) is 13.5. The SMILES string of the molecule is CC[C@H](COC)n1cc(Cl)nc(N2CCc3cc(OC)cc(Br)c32)c1=O.[C-]#[N+]c1cc(OC)cc2c1N(c1nc(Cl)cn([C@H](CC)COC)c1=O)CC2. The maximum absolute atomic E-state index is 13.2. The minimum absolute atomic E-state index is 0.0897. The maximum Gasteiger partial charge on any atom is 0.294 e. The first-order chi connectivity index (χ1) is 25.5. The van der Waals surface area contributed by atoms with E-state index in [1.807, 2.05) is 36.9 Å². The van der Waals surface area contributed by atoms with Gasteiger partial charge in [-0.1, -0.05) is 37.0 Å². The van der Waals surface area contributed by atoms with E-state index in [1.165, 1.54) is 0 Å². The van der Waals surface area contributed by atoms with Crippen LogP contribution in [0.4, 0.5) is 28.7 Å². The van der Waals surface area contributed by atoms with Crippen molar-refractivity contribution in [1.29, 1.82) is 0 Å². The molecule has 2 aliphatic heterocycles. The van der Waals surface area contributed by atoms with Crippen molar-refractivity contribution in [2.75, 3.05) is 64.5 Å². The van der Waals surface area contributed by atoms with Crippen molar-refractivity contribution in [3.05, 3.63) is 94.7 Å². The summed E-state index contributed by atoms with van der Waals surface area (Å²) in [5, 5.41) is 0.512. The van der Waals surface area contributed by atoms with E-state index in [0.29, 0.717) is 62.1 Å². The molecule has 2 aliphatic rings. The molecule has 0 fully saturated rings. The van der Waals surface area contributed by atoms with Gasteiger partial charge in [0.05, 0.1) is 57.5 Å². The summed E-state index contributed by atoms with van der Waals surface area (Å²) in [7, 11) is 6.43. The Balaban J connectivity index is 0.000000204. The van der Waals surface area contributed by atoms with Crippen molar-refractivity contribution >= 4 is 67.8 Å². The Morgan fingerprint density at radius 1 is 0.774 bits per heavy atom. The van der Waals surface area contributed by atoms with Crippen LogP contribution in [0.5, 0.6) is 11.5 Å². The van der Waals surface area contributed by atoms with E-state index in [0.717, 1.165) is 39.9 Å². The lowest BCUT2D eigenvalue weighted by Gasteiger charge is -2.23. The molecule has 0 aliphatic carbocycles. The normalized spacial score (nSPS) is 14.2. The molecule has 0 N–H and O–H groups in total. The molecule has 0 amide bonds. The second-order valence-electron chi connectivity index (χ2n) is 12.4. The highest BCUT2D eigenvalue weighted by Gasteiger charge is 2.30. The van der Waals surface area contributed by atoms with Crippen molar-refractivity contribution in [2.24, 2.45) is 0 Å². The fourth-order valence-corrected chi connectivity index (χ4v) is 7.77. The Morgan fingerprint density at radius 2 is 1.23 bits per heavy atom. The Bertz CT molecular complexity index is 2120. The molecule has 0 radical (unpaired) electrons. The highest BCUT2D eigenvalue weighted by molar-refractivity contribution is 9.10. The zero-order valence-electron chi connectivity index (χ0n) is 30.5. The monoisotopic (exact) mass is 829 g/mol. The smallest absolute Gasteiger partial charge is 0.294 e. The summed E-state index contributed by atoms with van der Waals surface area (Å²) in [5.74, 6) is 1.96. The summed E-state index contributed by atoms with van der Waals surface area (Å²) in [6.45, 7) is 13.6. The van der Waals surface area contributed by atoms with Gasteiger partial charge in [0, 0.05) is 44.2 Å². The van der Waals surface area contributed by atoms with Gasteiger partial charge in [-0.25, -0.2) is 14.8 Å². The number of fused-ring (bicyclic) bond motifs is 2. The standard InChI is InChI=1S/C19H21ClN4O3.C18H21BrClN3O3/c1-5-13(11-26-3)24-10-16(20)22-18(19(24)25)23-7-6-12-8-14(27-4)9-15(21-2)17(12)23;1-4-12(10-25-2)23-9-15(20)21-17(18(23)24)22-6-5-11-7-13(26-3)8-14(19)16(11)22/h8-10,13H,5-7,11H2,1,3-4H3;7-9,12H,4-6,10H2,1-3H3/t13-;12-/m11/s1. The van der Waals surface area contributed by atoms with E-state index in [9.17, 15) is 9.59 Å². The molecular weight excluding hydrogens is 789 g/mol. The Morgan fingerprint density at radius 3 is 1.66 bits per heavy atom. The van der Waals surface area contributed by atoms with Crippen molar-refractivity contribution in [1.82, 2.24) is 19.1 Å². The van der Waals surface area contributed by atoms with E-state index in [2.05, 4.69) is 30.7 Å². The minimum Gasteiger partial charge on any atom is -0.498 e. The summed E-state index contributed by atoms with van der Waals surface area (Å²) in [6.07, 6.45) is 6.09. The zero-order valence-corrected chi connectivity index (χ0v) is 33.6. The van der Waals surface area contributed by atoms with Crippen LogP contribution in [0.25, 0.3) is 4.85 Å². The molecule has 2 atom stereocenters. The van der Waals surface area contributed by atoms with Gasteiger partial charge in [-0.3, -0.25) is 9.59 Å². The molecule has 16 heteroatoms. The maximum atomic E-state index is 13.2. The lowest BCUT2D eigenvalue weighted by molar-refractivity contribution is 0.151. The van der Waals surface area contributed by atoms with Crippen LogP contribution in [0.2, 0.25) is 10.3 Å². The molecule has 4 heterocycles. The predicted molar refractivity (Wildman–Crippen MR) is 211 cm³/mol. The number of rotatable bonds is 12. The van der Waals surface area contributed by atoms with E-state index < -0.39 is 0 Å². The van der Waals surface area contributed by atoms with Crippen LogP contribution in [0, 0.1) is 6.57 Å². The topological polar surface area (TPSA) is 118 Å². The predicted octanol–water partition coefficient (Wildman–Crippen LogP) is 7.71. The number of nitrogens with zero attached hydrogens (tertiary/aromatic N) is 7. The van der Waals surface area contributed by atoms with E-state index in [1.54, 1.807) is 60.9 Å². The van der Waals surface area contributed by atoms with Gasteiger partial charge >= 0.3 is 0 Å². The third-order valence-corrected chi connectivity index (χ3v) is 10.3. The quantitative estimate of drug-likeness (QED) is 0.132. The van der Waals surface area contributed by atoms with Gasteiger partial charge in [0.15, 0.2) is 5.82 Å². The van der Waals surface area contributed by atoms with Crippen molar-refractivity contribution in [2.45, 2.75) is 51.6 Å². The van der Waals surface area contributed by atoms with Crippen LogP contribution < -0.4 is 30.4 Å². The van der Waals surface area contributed by atoms with E-state index >= 15 is 0 Å². The van der Waals surface area contributed by atoms with Crippen molar-refractivity contribution in [3.63, 3.8) is 0 Å². The van der Waals surface area contributed by atoms with Crippen LogP contribution in [0.3, 0.4) is 0 Å². The second-order valence-corrected chi connectivity index (χ2v) is 14.0. The van der Waals surface area contributed by atoms with Gasteiger partial charge in [0.1, 0.15) is 21.8 Å². The molecule has 282 valence electrons. The first-order valence-corrected chi connectivity index (χ1v) is 18.6. The Labute approximate surface area is 326 Å². The highest BCUT2D eigenvalue weighted by Crippen LogP contribution is 2.44. The minimum atomic E-state index is -0.247. The molecule has 0 saturated carbocycles. The summed E-state index contributed by atoms with van der Waals surface area (Å²) < 4.78 is 25.2. The number of benzene rings is 2. The molecule has 0 saturated heterocycles. The number of halogens is 3. The molecule has 4 aromatic rings. The molecule has 6 rings (SSSR count). The zero-order chi connectivity index (χ0) is 38.4. The van der Waals surface area contributed by atoms with Gasteiger partial charge < -0.3 is 37.9 Å². The van der Waals surface area contributed by atoms with Gasteiger partial charge in [-0.05, 0) is 77.0 Å². The number of hydrogen-bond acceptors (Lipinski definition) is 10. The molecular formula is C37H42BrCl2N7O6. The highest BCUT2D eigenvalue weighted by atomic mass is 79.9. The van der Waals surface area contributed by atoms with Crippen LogP contribution in [-0.4, -0.2) is 73.8 Å². The molecule has 2 aromatic heterocycles. The summed E-state index contributed by atoms with van der Waals surface area (Å²) in [5.41, 5.74) is 3.70. The fraction of sp³-hybridized carbons (Fsp3) is 0.432. The van der Waals surface area contributed by atoms with E-state index in [4.69, 9.17) is 48.7 Å². The number of ether oxygens (including phenoxy) is 4. The third-order valence-electron chi connectivity index (χ3n) is 9.33. The molecule has 0 spiro atoms. The molecule has 0 bridgehead atoms. The lowest BCUT2D eigenvalue weighted by atomic mass is 10.1. The van der Waals surface area contributed by atoms with Crippen LogP contribution >= 0.6 is 39.1 Å². The summed E-state index contributed by atoms with van der Waals surface area (Å²) in [4.78, 5) is 42.2. The van der Waals surface area contributed by atoms with Crippen molar-refractivity contribution in [3.8, 4) is 11.5 Å². The van der Waals surface area contributed by atoms with E-state index in [-0.39, 0.29) is 39.3 Å². The third kappa shape index (κ3) is 8.34. The number of aromatic nitrogens is 4. The second kappa shape index (κ2) is 17.8. The summed E-state index contributed by atoms with van der Waals surface area (Å²) in [6, 6.07) is 7.22. The van der Waals surface area contributed by atoms with Gasteiger partial charge in [0.25, 0.3) is 11.1 Å². The lowest BCUT2D eigenvalue weighted by Crippen LogP contribution is -2.33. The number of anilines is 4. The van der Waals surface area contributed by atoms with Crippen LogP contribution in [-0.2, 0) is 22.3 Å². The molecule has 13 nitrogen and oxygen atoms in total. The van der Waals surface area contributed by atoms with Gasteiger partial charge in [-0.15, -0.1) is 0 Å². The molecule has 0 unspecified atom stereocenters. The number of hydrogen-bond donors (Lipinski definition) is 0. The average Bonchev–Trinajstić information content (AvgIpc) is 3.79. The fourth-order valence-electron chi connectivity index (χ4n) is 6.71. The van der Waals surface area contributed by atoms with Gasteiger partial charge in [-0.2, -0.15) is 0 Å². The van der Waals surface area contributed by atoms with Gasteiger partial charge in [0.2, 0.25) is 11.5 Å². The Hall–Kier alpha value is -4.13. The van der Waals surface area contributed by atoms with Crippen LogP contribution in [0.15, 0.2) is 50.7 Å². The molecule has 53 heavy (non-hydrogen) atoms. The summed E-state index contributed by atoms with van der Waals surface area (Å²) >= 11 is 16.1. The van der Waals surface area contributed by atoms with Crippen LogP contribution in [0.1, 0.15) is 49.9 Å². The average molecular weight is 832 g/mol. The first kappa shape index (κ1) is 40.1.